The summed E-state index contributed by atoms with van der Waals surface area (Å²) >= 11 is 0. The highest BCUT2D eigenvalue weighted by Gasteiger charge is 2.20. The minimum absolute atomic E-state index is 0.364. The number of para-hydroxylation sites is 1. The molecule has 7 nitrogen and oxygen atoms in total. The summed E-state index contributed by atoms with van der Waals surface area (Å²) in [5, 5.41) is 8.45. The van der Waals surface area contributed by atoms with Crippen molar-refractivity contribution in [2.45, 2.75) is 39.5 Å². The van der Waals surface area contributed by atoms with Gasteiger partial charge in [0.2, 0.25) is 5.65 Å². The van der Waals surface area contributed by atoms with Crippen LogP contribution in [-0.2, 0) is 0 Å². The van der Waals surface area contributed by atoms with E-state index in [1.807, 2.05) is 4.57 Å². The Morgan fingerprint density at radius 3 is 2.42 bits per heavy atom. The molecule has 0 aliphatic heterocycles. The Bertz CT molecular complexity index is 1040. The van der Waals surface area contributed by atoms with E-state index in [1.54, 1.807) is 12.5 Å². The van der Waals surface area contributed by atoms with Gasteiger partial charge in [-0.25, -0.2) is 9.97 Å². The molecule has 3 heterocycles. The van der Waals surface area contributed by atoms with Gasteiger partial charge in [-0.05, 0) is 23.0 Å². The second-order valence-corrected chi connectivity index (χ2v) is 6.86. The summed E-state index contributed by atoms with van der Waals surface area (Å²) in [6.45, 7) is 8.75. The molecule has 4 aromatic rings. The fraction of sp³-hybridized carbons (Fsp3) is 0.316. The SMILES string of the molecule is CC(C)c1cccc(C(C)C)c1-n1cnnc1-c1cnc2ocnc2n1. The normalized spacial score (nSPS) is 11.8. The molecule has 0 unspecified atom stereocenters. The molecule has 26 heavy (non-hydrogen) atoms. The van der Waals surface area contributed by atoms with E-state index < -0.39 is 0 Å². The molecule has 4 rings (SSSR count). The molecule has 0 amide bonds. The molecule has 7 heteroatoms. The number of hydrogen-bond acceptors (Lipinski definition) is 6. The lowest BCUT2D eigenvalue weighted by Gasteiger charge is -2.20. The zero-order chi connectivity index (χ0) is 18.3. The van der Waals surface area contributed by atoms with Crippen molar-refractivity contribution in [2.75, 3.05) is 0 Å². The largest absolute Gasteiger partial charge is 0.424 e. The van der Waals surface area contributed by atoms with E-state index in [-0.39, 0.29) is 0 Å². The monoisotopic (exact) mass is 348 g/mol. The molecule has 0 bridgehead atoms. The van der Waals surface area contributed by atoms with Gasteiger partial charge in [-0.3, -0.25) is 4.57 Å². The van der Waals surface area contributed by atoms with Gasteiger partial charge in [-0.15, -0.1) is 10.2 Å². The maximum atomic E-state index is 5.18. The molecule has 0 saturated heterocycles. The molecule has 0 radical (unpaired) electrons. The standard InChI is InChI=1S/C19H20N6O/c1-11(2)13-6-5-7-14(12(3)4)16(13)25-9-22-24-18(25)15-8-20-19-17(23-15)21-10-26-19/h5-12H,1-4H3. The van der Waals surface area contributed by atoms with Crippen molar-refractivity contribution in [3.63, 3.8) is 0 Å². The highest BCUT2D eigenvalue weighted by atomic mass is 16.3. The van der Waals surface area contributed by atoms with Crippen LogP contribution in [0.3, 0.4) is 0 Å². The Balaban J connectivity index is 1.95. The molecule has 3 aromatic heterocycles. The zero-order valence-corrected chi connectivity index (χ0v) is 15.2. The highest BCUT2D eigenvalue weighted by molar-refractivity contribution is 5.67. The zero-order valence-electron chi connectivity index (χ0n) is 15.2. The predicted molar refractivity (Wildman–Crippen MR) is 98.1 cm³/mol. The molecule has 0 fully saturated rings. The van der Waals surface area contributed by atoms with Crippen molar-refractivity contribution < 1.29 is 4.42 Å². The highest BCUT2D eigenvalue weighted by Crippen LogP contribution is 2.33. The topological polar surface area (TPSA) is 82.5 Å². The van der Waals surface area contributed by atoms with Gasteiger partial charge >= 0.3 is 0 Å². The Morgan fingerprint density at radius 2 is 1.73 bits per heavy atom. The average molecular weight is 348 g/mol. The Labute approximate surface area is 151 Å². The van der Waals surface area contributed by atoms with Crippen LogP contribution in [0.4, 0.5) is 0 Å². The number of aromatic nitrogens is 6. The fourth-order valence-electron chi connectivity index (χ4n) is 3.13. The summed E-state index contributed by atoms with van der Waals surface area (Å²) in [6.07, 6.45) is 4.71. The fourth-order valence-corrected chi connectivity index (χ4v) is 3.13. The first-order chi connectivity index (χ1) is 12.6. The second-order valence-electron chi connectivity index (χ2n) is 6.86. The Kier molecular flexibility index (Phi) is 3.99. The van der Waals surface area contributed by atoms with Crippen molar-refractivity contribution in [1.29, 1.82) is 0 Å². The van der Waals surface area contributed by atoms with Crippen LogP contribution in [0.1, 0.15) is 50.7 Å². The minimum atomic E-state index is 0.364. The van der Waals surface area contributed by atoms with Gasteiger partial charge in [-0.1, -0.05) is 45.9 Å². The summed E-state index contributed by atoms with van der Waals surface area (Å²) in [5.74, 6) is 1.36. The van der Waals surface area contributed by atoms with E-state index in [9.17, 15) is 0 Å². The van der Waals surface area contributed by atoms with E-state index in [0.29, 0.717) is 34.7 Å². The van der Waals surface area contributed by atoms with Crippen molar-refractivity contribution in [3.05, 3.63) is 48.2 Å². The predicted octanol–water partition coefficient (Wildman–Crippen LogP) is 4.11. The van der Waals surface area contributed by atoms with Crippen LogP contribution in [0.25, 0.3) is 28.6 Å². The molecular weight excluding hydrogens is 328 g/mol. The van der Waals surface area contributed by atoms with Crippen LogP contribution in [-0.4, -0.2) is 29.7 Å². The molecule has 0 atom stereocenters. The van der Waals surface area contributed by atoms with Crippen molar-refractivity contribution in [2.24, 2.45) is 0 Å². The van der Waals surface area contributed by atoms with E-state index in [1.165, 1.54) is 17.5 Å². The van der Waals surface area contributed by atoms with Gasteiger partial charge in [0.25, 0.3) is 5.71 Å². The van der Waals surface area contributed by atoms with Gasteiger partial charge in [-0.2, -0.15) is 4.98 Å². The van der Waals surface area contributed by atoms with Crippen LogP contribution < -0.4 is 0 Å². The molecular formula is C19H20N6O. The van der Waals surface area contributed by atoms with E-state index in [0.717, 1.165) is 5.69 Å². The first-order valence-corrected chi connectivity index (χ1v) is 8.66. The summed E-state index contributed by atoms with van der Waals surface area (Å²) in [7, 11) is 0. The second kappa shape index (κ2) is 6.33. The van der Waals surface area contributed by atoms with Crippen LogP contribution >= 0.6 is 0 Å². The molecule has 1 aromatic carbocycles. The lowest BCUT2D eigenvalue weighted by molar-refractivity contribution is 0.590. The van der Waals surface area contributed by atoms with Gasteiger partial charge < -0.3 is 4.42 Å². The number of fused-ring (bicyclic) bond motifs is 1. The third-order valence-corrected chi connectivity index (χ3v) is 4.42. The van der Waals surface area contributed by atoms with Crippen LogP contribution in [0.5, 0.6) is 0 Å². The maximum absolute atomic E-state index is 5.18. The quantitative estimate of drug-likeness (QED) is 0.552. The van der Waals surface area contributed by atoms with Crippen LogP contribution in [0.15, 0.2) is 41.5 Å². The third-order valence-electron chi connectivity index (χ3n) is 4.42. The molecule has 0 saturated carbocycles. The maximum Gasteiger partial charge on any atom is 0.266 e. The molecule has 0 aliphatic rings. The van der Waals surface area contributed by atoms with Crippen molar-refractivity contribution in [1.82, 2.24) is 29.7 Å². The molecule has 0 aliphatic carbocycles. The number of rotatable bonds is 4. The number of hydrogen-bond donors (Lipinski definition) is 0. The number of oxazole rings is 1. The van der Waals surface area contributed by atoms with Crippen LogP contribution in [0, 0.1) is 0 Å². The van der Waals surface area contributed by atoms with E-state index in [4.69, 9.17) is 4.42 Å². The van der Waals surface area contributed by atoms with Gasteiger partial charge in [0, 0.05) is 0 Å². The van der Waals surface area contributed by atoms with Gasteiger partial charge in [0.05, 0.1) is 11.9 Å². The third kappa shape index (κ3) is 2.65. The van der Waals surface area contributed by atoms with Gasteiger partial charge in [0.1, 0.15) is 12.0 Å². The average Bonchev–Trinajstić information content (AvgIpc) is 3.29. The van der Waals surface area contributed by atoms with E-state index in [2.05, 4.69) is 71.0 Å². The van der Waals surface area contributed by atoms with Crippen molar-refractivity contribution in [3.8, 4) is 17.2 Å². The smallest absolute Gasteiger partial charge is 0.266 e. The summed E-state index contributed by atoms with van der Waals surface area (Å²) in [4.78, 5) is 12.9. The summed E-state index contributed by atoms with van der Waals surface area (Å²) < 4.78 is 7.18. The summed E-state index contributed by atoms with van der Waals surface area (Å²) in [6, 6.07) is 6.42. The Hall–Kier alpha value is -3.09. The van der Waals surface area contributed by atoms with Crippen LogP contribution in [0.2, 0.25) is 0 Å². The lowest BCUT2D eigenvalue weighted by atomic mass is 9.92. The first kappa shape index (κ1) is 16.4. The summed E-state index contributed by atoms with van der Waals surface area (Å²) in [5.41, 5.74) is 5.07. The minimum Gasteiger partial charge on any atom is -0.424 e. The molecule has 0 spiro atoms. The van der Waals surface area contributed by atoms with Crippen molar-refractivity contribution >= 4 is 11.4 Å². The van der Waals surface area contributed by atoms with E-state index >= 15 is 0 Å². The lowest BCUT2D eigenvalue weighted by Crippen LogP contribution is -2.08. The number of nitrogens with zero attached hydrogens (tertiary/aromatic N) is 6. The molecule has 0 N–H and O–H groups in total. The molecule has 132 valence electrons. The number of benzene rings is 1. The Morgan fingerprint density at radius 1 is 1.00 bits per heavy atom. The first-order valence-electron chi connectivity index (χ1n) is 8.66. The van der Waals surface area contributed by atoms with Gasteiger partial charge in [0.15, 0.2) is 12.2 Å².